The van der Waals surface area contributed by atoms with Crippen molar-refractivity contribution in [2.75, 3.05) is 13.1 Å². The van der Waals surface area contributed by atoms with E-state index in [1.807, 2.05) is 29.2 Å². The fourth-order valence-electron chi connectivity index (χ4n) is 4.17. The lowest BCUT2D eigenvalue weighted by molar-refractivity contribution is 0.0724. The van der Waals surface area contributed by atoms with Crippen LogP contribution < -0.4 is 0 Å². The van der Waals surface area contributed by atoms with Crippen LogP contribution in [-0.2, 0) is 12.8 Å². The maximum absolute atomic E-state index is 12.8. The molecule has 5 rings (SSSR count). The van der Waals surface area contributed by atoms with Crippen molar-refractivity contribution < 1.29 is 9.32 Å². The number of likely N-dealkylation sites (tertiary alicyclic amines) is 1. The number of aromatic amines is 1. The van der Waals surface area contributed by atoms with Gasteiger partial charge < -0.3 is 9.42 Å². The fraction of sp³-hybridized carbons (Fsp3) is 0.429. The normalized spacial score (nSPS) is 16.8. The van der Waals surface area contributed by atoms with Crippen molar-refractivity contribution >= 4 is 5.91 Å². The molecular formula is C21H23N5O2. The molecule has 2 aliphatic rings. The number of H-pyrrole nitrogens is 1. The van der Waals surface area contributed by atoms with Crippen molar-refractivity contribution in [2.24, 2.45) is 0 Å². The SMILES string of the molecule is O=C(c1cccc(-c2noc(-c3n[nH]c4c3CCCC4)n2)c1)N1CCCCC1. The molecule has 1 aromatic carbocycles. The minimum Gasteiger partial charge on any atom is -0.339 e. The molecule has 0 bridgehead atoms. The first-order valence-electron chi connectivity index (χ1n) is 10.1. The van der Waals surface area contributed by atoms with Gasteiger partial charge in [0.05, 0.1) is 0 Å². The van der Waals surface area contributed by atoms with Crippen LogP contribution in [0.3, 0.4) is 0 Å². The third-order valence-corrected chi connectivity index (χ3v) is 5.70. The van der Waals surface area contributed by atoms with Gasteiger partial charge in [-0.2, -0.15) is 10.1 Å². The number of carbonyl (C=O) groups is 1. The monoisotopic (exact) mass is 377 g/mol. The molecule has 3 heterocycles. The van der Waals surface area contributed by atoms with Gasteiger partial charge in [0.1, 0.15) is 0 Å². The number of rotatable bonds is 3. The van der Waals surface area contributed by atoms with E-state index < -0.39 is 0 Å². The summed E-state index contributed by atoms with van der Waals surface area (Å²) in [6, 6.07) is 7.48. The van der Waals surface area contributed by atoms with Gasteiger partial charge in [0, 0.05) is 35.5 Å². The van der Waals surface area contributed by atoms with Gasteiger partial charge in [-0.1, -0.05) is 17.3 Å². The number of aryl methyl sites for hydroxylation is 1. The van der Waals surface area contributed by atoms with Gasteiger partial charge in [0.2, 0.25) is 5.82 Å². The van der Waals surface area contributed by atoms with Gasteiger partial charge in [0.15, 0.2) is 5.69 Å². The van der Waals surface area contributed by atoms with Crippen LogP contribution in [0, 0.1) is 0 Å². The van der Waals surface area contributed by atoms with E-state index in [0.717, 1.165) is 56.5 Å². The Kier molecular flexibility index (Phi) is 4.43. The molecule has 144 valence electrons. The summed E-state index contributed by atoms with van der Waals surface area (Å²) < 4.78 is 5.51. The zero-order valence-corrected chi connectivity index (χ0v) is 15.8. The molecule has 0 unspecified atom stereocenters. The second kappa shape index (κ2) is 7.22. The predicted octanol–water partition coefficient (Wildman–Crippen LogP) is 3.63. The number of hydrogen-bond acceptors (Lipinski definition) is 5. The van der Waals surface area contributed by atoms with Crippen LogP contribution in [0.25, 0.3) is 23.0 Å². The third-order valence-electron chi connectivity index (χ3n) is 5.70. The van der Waals surface area contributed by atoms with E-state index in [1.54, 1.807) is 0 Å². The highest BCUT2D eigenvalue weighted by Gasteiger charge is 2.23. The lowest BCUT2D eigenvalue weighted by Crippen LogP contribution is -2.35. The van der Waals surface area contributed by atoms with E-state index in [9.17, 15) is 4.79 Å². The first-order valence-corrected chi connectivity index (χ1v) is 10.1. The lowest BCUT2D eigenvalue weighted by Gasteiger charge is -2.26. The van der Waals surface area contributed by atoms with Crippen LogP contribution in [-0.4, -0.2) is 44.2 Å². The summed E-state index contributed by atoms with van der Waals surface area (Å²) in [6.45, 7) is 1.67. The number of nitrogens with zero attached hydrogens (tertiary/aromatic N) is 4. The van der Waals surface area contributed by atoms with Gasteiger partial charge in [-0.3, -0.25) is 9.89 Å². The average Bonchev–Trinajstić information content (AvgIpc) is 3.41. The van der Waals surface area contributed by atoms with Crippen LogP contribution in [0.4, 0.5) is 0 Å². The summed E-state index contributed by atoms with van der Waals surface area (Å²) in [5, 5.41) is 11.6. The second-order valence-electron chi connectivity index (χ2n) is 7.59. The largest absolute Gasteiger partial charge is 0.339 e. The van der Waals surface area contributed by atoms with E-state index in [4.69, 9.17) is 4.52 Å². The Morgan fingerprint density at radius 1 is 1.07 bits per heavy atom. The Bertz CT molecular complexity index is 1000. The Balaban J connectivity index is 1.42. The number of nitrogens with one attached hydrogen (secondary N) is 1. The molecule has 0 radical (unpaired) electrons. The molecule has 1 amide bonds. The van der Waals surface area contributed by atoms with Crippen LogP contribution in [0.1, 0.15) is 53.7 Å². The van der Waals surface area contributed by atoms with E-state index in [-0.39, 0.29) is 5.91 Å². The highest BCUT2D eigenvalue weighted by atomic mass is 16.5. The molecule has 0 atom stereocenters. The van der Waals surface area contributed by atoms with Gasteiger partial charge >= 0.3 is 0 Å². The number of hydrogen-bond donors (Lipinski definition) is 1. The standard InChI is InChI=1S/C21H23N5O2/c27-21(26-11-4-1-5-12-26)15-8-6-7-14(13-15)19-22-20(28-25-19)18-16-9-2-3-10-17(16)23-24-18/h6-8,13H,1-5,9-12H2,(H,23,24). The van der Waals surface area contributed by atoms with Crippen molar-refractivity contribution in [1.82, 2.24) is 25.2 Å². The van der Waals surface area contributed by atoms with Crippen LogP contribution in [0.5, 0.6) is 0 Å². The van der Waals surface area contributed by atoms with Crippen LogP contribution >= 0.6 is 0 Å². The first kappa shape index (κ1) is 17.2. The van der Waals surface area contributed by atoms with Gasteiger partial charge in [-0.25, -0.2) is 0 Å². The fourth-order valence-corrected chi connectivity index (χ4v) is 4.17. The molecule has 1 aliphatic carbocycles. The maximum atomic E-state index is 12.8. The molecule has 1 fully saturated rings. The summed E-state index contributed by atoms with van der Waals surface area (Å²) >= 11 is 0. The first-order chi connectivity index (χ1) is 13.8. The molecule has 0 saturated carbocycles. The molecule has 7 nitrogen and oxygen atoms in total. The van der Waals surface area contributed by atoms with Crippen molar-refractivity contribution in [1.29, 1.82) is 0 Å². The molecular weight excluding hydrogens is 354 g/mol. The second-order valence-corrected chi connectivity index (χ2v) is 7.59. The molecule has 2 aromatic heterocycles. The van der Waals surface area contributed by atoms with Crippen LogP contribution in [0.15, 0.2) is 28.8 Å². The van der Waals surface area contributed by atoms with E-state index >= 15 is 0 Å². The predicted molar refractivity (Wildman–Crippen MR) is 104 cm³/mol. The highest BCUT2D eigenvalue weighted by Crippen LogP contribution is 2.30. The van der Waals surface area contributed by atoms with Crippen LogP contribution in [0.2, 0.25) is 0 Å². The van der Waals surface area contributed by atoms with Crippen molar-refractivity contribution in [2.45, 2.75) is 44.9 Å². The molecule has 0 spiro atoms. The summed E-state index contributed by atoms with van der Waals surface area (Å²) in [6.07, 6.45) is 7.69. The smallest absolute Gasteiger partial charge is 0.279 e. The number of piperidine rings is 1. The Labute approximate surface area is 163 Å². The maximum Gasteiger partial charge on any atom is 0.279 e. The molecule has 1 saturated heterocycles. The van der Waals surface area contributed by atoms with Crippen molar-refractivity contribution in [3.63, 3.8) is 0 Å². The van der Waals surface area contributed by atoms with E-state index in [1.165, 1.54) is 24.1 Å². The summed E-state index contributed by atoms with van der Waals surface area (Å²) in [5.41, 5.74) is 4.57. The van der Waals surface area contributed by atoms with E-state index in [0.29, 0.717) is 17.3 Å². The quantitative estimate of drug-likeness (QED) is 0.753. The zero-order chi connectivity index (χ0) is 18.9. The number of aromatic nitrogens is 4. The highest BCUT2D eigenvalue weighted by molar-refractivity contribution is 5.95. The summed E-state index contributed by atoms with van der Waals surface area (Å²) in [5.74, 6) is 0.990. The Morgan fingerprint density at radius 2 is 1.93 bits per heavy atom. The number of benzene rings is 1. The van der Waals surface area contributed by atoms with Gasteiger partial charge in [-0.05, 0) is 57.1 Å². The lowest BCUT2D eigenvalue weighted by atomic mass is 9.96. The number of fused-ring (bicyclic) bond motifs is 1. The number of carbonyl (C=O) groups excluding carboxylic acids is 1. The van der Waals surface area contributed by atoms with Gasteiger partial charge in [0.25, 0.3) is 11.8 Å². The average molecular weight is 377 g/mol. The van der Waals surface area contributed by atoms with Gasteiger partial charge in [-0.15, -0.1) is 0 Å². The number of amides is 1. The van der Waals surface area contributed by atoms with Crippen molar-refractivity contribution in [3.8, 4) is 23.0 Å². The Morgan fingerprint density at radius 3 is 2.82 bits per heavy atom. The minimum atomic E-state index is 0.0756. The summed E-state index contributed by atoms with van der Waals surface area (Å²) in [7, 11) is 0. The zero-order valence-electron chi connectivity index (χ0n) is 15.8. The minimum absolute atomic E-state index is 0.0756. The van der Waals surface area contributed by atoms with Crippen molar-refractivity contribution in [3.05, 3.63) is 41.1 Å². The molecule has 3 aromatic rings. The Hall–Kier alpha value is -2.96. The molecule has 1 aliphatic heterocycles. The van der Waals surface area contributed by atoms with E-state index in [2.05, 4.69) is 20.3 Å². The molecule has 1 N–H and O–H groups in total. The molecule has 7 heteroatoms. The summed E-state index contributed by atoms with van der Waals surface area (Å²) in [4.78, 5) is 19.3. The molecule has 28 heavy (non-hydrogen) atoms. The topological polar surface area (TPSA) is 87.9 Å². The third kappa shape index (κ3) is 3.10.